The summed E-state index contributed by atoms with van der Waals surface area (Å²) in [6, 6.07) is 3.13. The highest BCUT2D eigenvalue weighted by atomic mass is 35.5. The number of carbonyl (C=O) groups is 2. The fourth-order valence-corrected chi connectivity index (χ4v) is 2.44. The molecule has 2 atom stereocenters. The molecule has 0 bridgehead atoms. The zero-order valence-corrected chi connectivity index (χ0v) is 10.3. The lowest BCUT2D eigenvalue weighted by Gasteiger charge is -2.14. The van der Waals surface area contributed by atoms with Crippen molar-refractivity contribution in [3.05, 3.63) is 27.7 Å². The highest BCUT2D eigenvalue weighted by Crippen LogP contribution is 2.45. The summed E-state index contributed by atoms with van der Waals surface area (Å²) in [4.78, 5) is 22.8. The summed E-state index contributed by atoms with van der Waals surface area (Å²) < 4.78 is 0. The average Bonchev–Trinajstić information content (AvgIpc) is 2.61. The van der Waals surface area contributed by atoms with Gasteiger partial charge in [0.2, 0.25) is 5.91 Å². The van der Waals surface area contributed by atoms with Gasteiger partial charge in [-0.1, -0.05) is 30.1 Å². The minimum Gasteiger partial charge on any atom is -0.481 e. The van der Waals surface area contributed by atoms with Crippen molar-refractivity contribution >= 4 is 40.8 Å². The molecule has 1 aromatic rings. The van der Waals surface area contributed by atoms with Gasteiger partial charge in [0.15, 0.2) is 0 Å². The molecule has 90 valence electrons. The molecular formula is C11H9Cl2NO3. The van der Waals surface area contributed by atoms with Crippen LogP contribution < -0.4 is 5.32 Å². The van der Waals surface area contributed by atoms with Crippen LogP contribution in [0.3, 0.4) is 0 Å². The molecule has 0 saturated heterocycles. The van der Waals surface area contributed by atoms with Gasteiger partial charge < -0.3 is 10.4 Å². The molecule has 2 rings (SSSR count). The Kier molecular flexibility index (Phi) is 3.02. The van der Waals surface area contributed by atoms with E-state index in [0.29, 0.717) is 21.3 Å². The van der Waals surface area contributed by atoms with Crippen LogP contribution in [0.1, 0.15) is 18.4 Å². The van der Waals surface area contributed by atoms with Crippen molar-refractivity contribution in [2.75, 3.05) is 5.32 Å². The second kappa shape index (κ2) is 4.20. The third-order valence-electron chi connectivity index (χ3n) is 2.87. The number of hydrogen-bond acceptors (Lipinski definition) is 2. The van der Waals surface area contributed by atoms with E-state index in [-0.39, 0.29) is 5.91 Å². The predicted molar refractivity (Wildman–Crippen MR) is 64.6 cm³/mol. The van der Waals surface area contributed by atoms with E-state index < -0.39 is 17.8 Å². The smallest absolute Gasteiger partial charge is 0.307 e. The van der Waals surface area contributed by atoms with Crippen molar-refractivity contribution in [1.82, 2.24) is 0 Å². The number of benzene rings is 1. The number of fused-ring (bicyclic) bond motifs is 1. The summed E-state index contributed by atoms with van der Waals surface area (Å²) in [7, 11) is 0. The summed E-state index contributed by atoms with van der Waals surface area (Å²) in [5, 5.41) is 12.3. The maximum atomic E-state index is 11.8. The van der Waals surface area contributed by atoms with Crippen LogP contribution in [0.5, 0.6) is 0 Å². The van der Waals surface area contributed by atoms with Crippen molar-refractivity contribution in [1.29, 1.82) is 0 Å². The highest BCUT2D eigenvalue weighted by Gasteiger charge is 2.40. The van der Waals surface area contributed by atoms with Crippen LogP contribution in [0.4, 0.5) is 5.69 Å². The van der Waals surface area contributed by atoms with Gasteiger partial charge >= 0.3 is 5.97 Å². The van der Waals surface area contributed by atoms with E-state index in [1.807, 2.05) is 0 Å². The minimum atomic E-state index is -1.05. The fourth-order valence-electron chi connectivity index (χ4n) is 1.95. The standard InChI is InChI=1S/C11H9Cl2NO3/c1-4(11(16)17)7-8-5(12)2-3-6(13)9(8)14-10(7)15/h2-4,7H,1H3,(H,14,15)(H,16,17). The molecular weight excluding hydrogens is 265 g/mol. The van der Waals surface area contributed by atoms with Crippen LogP contribution in [-0.4, -0.2) is 17.0 Å². The Balaban J connectivity index is 2.57. The Morgan fingerprint density at radius 1 is 1.41 bits per heavy atom. The summed E-state index contributed by atoms with van der Waals surface area (Å²) in [5.74, 6) is -3.08. The molecule has 6 heteroatoms. The summed E-state index contributed by atoms with van der Waals surface area (Å²) in [6.07, 6.45) is 0. The van der Waals surface area contributed by atoms with Gasteiger partial charge in [0.25, 0.3) is 0 Å². The lowest BCUT2D eigenvalue weighted by molar-refractivity contribution is -0.143. The quantitative estimate of drug-likeness (QED) is 0.871. The SMILES string of the molecule is CC(C(=O)O)C1C(=O)Nc2c(Cl)ccc(Cl)c21. The summed E-state index contributed by atoms with van der Waals surface area (Å²) in [6.45, 7) is 1.47. The number of carboxylic acid groups (broad SMARTS) is 1. The first-order chi connectivity index (χ1) is 7.93. The highest BCUT2D eigenvalue weighted by molar-refractivity contribution is 6.37. The Hall–Kier alpha value is -1.26. The van der Waals surface area contributed by atoms with Crippen molar-refractivity contribution in [3.8, 4) is 0 Å². The summed E-state index contributed by atoms with van der Waals surface area (Å²) in [5.41, 5.74) is 0.890. The topological polar surface area (TPSA) is 66.4 Å². The van der Waals surface area contributed by atoms with Crippen molar-refractivity contribution < 1.29 is 14.7 Å². The van der Waals surface area contributed by atoms with Gasteiger partial charge in [0.05, 0.1) is 22.5 Å². The monoisotopic (exact) mass is 273 g/mol. The van der Waals surface area contributed by atoms with Crippen molar-refractivity contribution in [2.45, 2.75) is 12.8 Å². The number of nitrogens with one attached hydrogen (secondary N) is 1. The van der Waals surface area contributed by atoms with E-state index >= 15 is 0 Å². The van der Waals surface area contributed by atoms with E-state index in [1.165, 1.54) is 6.92 Å². The normalized spacial score (nSPS) is 19.7. The number of hydrogen-bond donors (Lipinski definition) is 2. The molecule has 0 radical (unpaired) electrons. The van der Waals surface area contributed by atoms with Gasteiger partial charge in [-0.05, 0) is 12.1 Å². The van der Waals surface area contributed by atoms with Crippen LogP contribution >= 0.6 is 23.2 Å². The zero-order valence-electron chi connectivity index (χ0n) is 8.83. The van der Waals surface area contributed by atoms with Crippen molar-refractivity contribution in [2.24, 2.45) is 5.92 Å². The second-order valence-corrected chi connectivity index (χ2v) is 4.73. The second-order valence-electron chi connectivity index (χ2n) is 3.91. The van der Waals surface area contributed by atoms with E-state index in [9.17, 15) is 9.59 Å². The molecule has 0 saturated carbocycles. The molecule has 1 heterocycles. The third kappa shape index (κ3) is 1.87. The molecule has 1 aromatic carbocycles. The maximum absolute atomic E-state index is 11.8. The van der Waals surface area contributed by atoms with Crippen molar-refractivity contribution in [3.63, 3.8) is 0 Å². The van der Waals surface area contributed by atoms with Gasteiger partial charge in [-0.15, -0.1) is 0 Å². The Morgan fingerprint density at radius 2 is 2.00 bits per heavy atom. The Labute approximate surface area is 108 Å². The molecule has 2 unspecified atom stereocenters. The fraction of sp³-hybridized carbons (Fsp3) is 0.273. The molecule has 0 aliphatic carbocycles. The lowest BCUT2D eigenvalue weighted by Crippen LogP contribution is -2.24. The number of aliphatic carboxylic acids is 1. The molecule has 1 aliphatic rings. The number of amides is 1. The van der Waals surface area contributed by atoms with Crippen LogP contribution in [0.25, 0.3) is 0 Å². The molecule has 0 spiro atoms. The van der Waals surface area contributed by atoms with Crippen LogP contribution in [0.2, 0.25) is 10.0 Å². The number of anilines is 1. The first kappa shape index (κ1) is 12.2. The molecule has 17 heavy (non-hydrogen) atoms. The number of rotatable bonds is 2. The van der Waals surface area contributed by atoms with Gasteiger partial charge in [-0.25, -0.2) is 0 Å². The van der Waals surface area contributed by atoms with Gasteiger partial charge in [0, 0.05) is 10.6 Å². The molecule has 0 aromatic heterocycles. The van der Waals surface area contributed by atoms with E-state index in [0.717, 1.165) is 0 Å². The zero-order chi connectivity index (χ0) is 12.7. The summed E-state index contributed by atoms with van der Waals surface area (Å²) >= 11 is 11.9. The largest absolute Gasteiger partial charge is 0.481 e. The van der Waals surface area contributed by atoms with E-state index in [2.05, 4.69) is 5.32 Å². The van der Waals surface area contributed by atoms with Crippen LogP contribution in [-0.2, 0) is 9.59 Å². The first-order valence-electron chi connectivity index (χ1n) is 4.95. The molecule has 1 aliphatic heterocycles. The Bertz CT molecular complexity index is 516. The third-order valence-corrected chi connectivity index (χ3v) is 3.52. The van der Waals surface area contributed by atoms with Gasteiger partial charge in [0.1, 0.15) is 0 Å². The number of carboxylic acids is 1. The molecule has 1 amide bonds. The van der Waals surface area contributed by atoms with E-state index in [4.69, 9.17) is 28.3 Å². The van der Waals surface area contributed by atoms with Crippen LogP contribution in [0, 0.1) is 5.92 Å². The maximum Gasteiger partial charge on any atom is 0.307 e. The average molecular weight is 274 g/mol. The Morgan fingerprint density at radius 3 is 2.59 bits per heavy atom. The molecule has 4 nitrogen and oxygen atoms in total. The lowest BCUT2D eigenvalue weighted by atomic mass is 9.88. The molecule has 2 N–H and O–H groups in total. The van der Waals surface area contributed by atoms with Gasteiger partial charge in [-0.3, -0.25) is 9.59 Å². The predicted octanol–water partition coefficient (Wildman–Crippen LogP) is 2.75. The molecule has 0 fully saturated rings. The first-order valence-corrected chi connectivity index (χ1v) is 5.70. The number of carbonyl (C=O) groups excluding carboxylic acids is 1. The van der Waals surface area contributed by atoms with E-state index in [1.54, 1.807) is 12.1 Å². The number of halogens is 2. The minimum absolute atomic E-state index is 0.348. The van der Waals surface area contributed by atoms with Crippen LogP contribution in [0.15, 0.2) is 12.1 Å². The van der Waals surface area contributed by atoms with Gasteiger partial charge in [-0.2, -0.15) is 0 Å².